The van der Waals surface area contributed by atoms with Crippen LogP contribution in [0, 0.1) is 0 Å². The molecular formula is C9H8Cl2N2. The molecule has 1 atom stereocenters. The van der Waals surface area contributed by atoms with Gasteiger partial charge in [-0.1, -0.05) is 41.4 Å². The van der Waals surface area contributed by atoms with Gasteiger partial charge in [0.05, 0.1) is 6.04 Å². The van der Waals surface area contributed by atoms with Crippen LogP contribution in [0.25, 0.3) is 0 Å². The lowest BCUT2D eigenvalue weighted by Crippen LogP contribution is -2.09. The fraction of sp³-hybridized carbons (Fsp3) is 0.222. The summed E-state index contributed by atoms with van der Waals surface area (Å²) >= 11 is 11.8. The minimum Gasteiger partial charge on any atom is -0.301 e. The number of hydrazone groups is 1. The maximum absolute atomic E-state index is 6.02. The first kappa shape index (κ1) is 8.85. The van der Waals surface area contributed by atoms with E-state index in [-0.39, 0.29) is 6.04 Å². The molecule has 0 radical (unpaired) electrons. The Hall–Kier alpha value is -0.730. The van der Waals surface area contributed by atoms with Gasteiger partial charge in [-0.2, -0.15) is 5.10 Å². The molecule has 1 N–H and O–H groups in total. The molecule has 0 aliphatic carbocycles. The molecule has 2 rings (SSSR count). The van der Waals surface area contributed by atoms with Crippen LogP contribution in [0.2, 0.25) is 5.02 Å². The normalized spacial score (nSPS) is 21.1. The Bertz CT molecular complexity index is 349. The minimum atomic E-state index is 0.126. The van der Waals surface area contributed by atoms with Gasteiger partial charge in [0.1, 0.15) is 5.17 Å². The van der Waals surface area contributed by atoms with E-state index in [0.29, 0.717) is 11.6 Å². The molecule has 0 bridgehead atoms. The molecule has 0 saturated carbocycles. The van der Waals surface area contributed by atoms with E-state index in [9.17, 15) is 0 Å². The Morgan fingerprint density at radius 2 is 2.08 bits per heavy atom. The number of hydrogen-bond acceptors (Lipinski definition) is 2. The maximum atomic E-state index is 6.02. The summed E-state index contributed by atoms with van der Waals surface area (Å²) in [5, 5.41) is 5.26. The Kier molecular flexibility index (Phi) is 2.42. The number of nitrogens with one attached hydrogen (secondary N) is 1. The van der Waals surface area contributed by atoms with Gasteiger partial charge in [0.25, 0.3) is 0 Å². The third-order valence-corrected chi connectivity index (χ3v) is 2.58. The highest BCUT2D eigenvalue weighted by molar-refractivity contribution is 6.65. The highest BCUT2D eigenvalue weighted by Gasteiger charge is 2.20. The van der Waals surface area contributed by atoms with Gasteiger partial charge in [0.2, 0.25) is 0 Å². The Labute approximate surface area is 86.5 Å². The molecule has 13 heavy (non-hydrogen) atoms. The van der Waals surface area contributed by atoms with Crippen molar-refractivity contribution < 1.29 is 0 Å². The molecule has 0 saturated heterocycles. The van der Waals surface area contributed by atoms with Gasteiger partial charge in [-0.25, -0.2) is 0 Å². The molecule has 0 aromatic heterocycles. The smallest absolute Gasteiger partial charge is 0.128 e. The van der Waals surface area contributed by atoms with Crippen molar-refractivity contribution in [2.45, 2.75) is 12.5 Å². The summed E-state index contributed by atoms with van der Waals surface area (Å²) in [7, 11) is 0. The van der Waals surface area contributed by atoms with Crippen molar-refractivity contribution in [2.24, 2.45) is 5.10 Å². The molecule has 0 spiro atoms. The fourth-order valence-corrected chi connectivity index (χ4v) is 1.82. The maximum Gasteiger partial charge on any atom is 0.128 e. The lowest BCUT2D eigenvalue weighted by Gasteiger charge is -2.10. The van der Waals surface area contributed by atoms with Crippen LogP contribution in [-0.2, 0) is 0 Å². The molecule has 1 aromatic rings. The Balaban J connectivity index is 2.23. The van der Waals surface area contributed by atoms with Crippen LogP contribution < -0.4 is 5.43 Å². The zero-order valence-electron chi connectivity index (χ0n) is 6.80. The van der Waals surface area contributed by atoms with Crippen molar-refractivity contribution in [2.75, 3.05) is 0 Å². The Morgan fingerprint density at radius 1 is 1.31 bits per heavy atom. The summed E-state index contributed by atoms with van der Waals surface area (Å²) < 4.78 is 0. The van der Waals surface area contributed by atoms with Crippen LogP contribution in [0.4, 0.5) is 0 Å². The van der Waals surface area contributed by atoms with Crippen LogP contribution in [-0.4, -0.2) is 5.17 Å². The van der Waals surface area contributed by atoms with Gasteiger partial charge >= 0.3 is 0 Å². The van der Waals surface area contributed by atoms with Crippen molar-refractivity contribution >= 4 is 28.4 Å². The average Bonchev–Trinajstić information content (AvgIpc) is 2.53. The van der Waals surface area contributed by atoms with E-state index in [0.717, 1.165) is 10.6 Å². The van der Waals surface area contributed by atoms with E-state index >= 15 is 0 Å². The van der Waals surface area contributed by atoms with Crippen LogP contribution in [0.1, 0.15) is 18.0 Å². The zero-order valence-corrected chi connectivity index (χ0v) is 8.31. The minimum absolute atomic E-state index is 0.126. The first-order valence-corrected chi connectivity index (χ1v) is 4.75. The molecule has 4 heteroatoms. The van der Waals surface area contributed by atoms with Crippen molar-refractivity contribution in [1.82, 2.24) is 5.43 Å². The number of rotatable bonds is 1. The van der Waals surface area contributed by atoms with E-state index in [1.54, 1.807) is 0 Å². The van der Waals surface area contributed by atoms with E-state index in [1.807, 2.05) is 24.3 Å². The molecule has 1 aliphatic heterocycles. The van der Waals surface area contributed by atoms with Crippen LogP contribution in [0.3, 0.4) is 0 Å². The van der Waals surface area contributed by atoms with Gasteiger partial charge in [-0.15, -0.1) is 0 Å². The van der Waals surface area contributed by atoms with Gasteiger partial charge in [-0.05, 0) is 11.6 Å². The summed E-state index contributed by atoms with van der Waals surface area (Å²) in [4.78, 5) is 0. The average molecular weight is 215 g/mol. The highest BCUT2D eigenvalue weighted by atomic mass is 35.5. The molecular weight excluding hydrogens is 207 g/mol. The first-order valence-electron chi connectivity index (χ1n) is 3.99. The topological polar surface area (TPSA) is 24.4 Å². The summed E-state index contributed by atoms with van der Waals surface area (Å²) in [5.74, 6) is 0. The van der Waals surface area contributed by atoms with Crippen molar-refractivity contribution in [3.05, 3.63) is 34.9 Å². The third-order valence-electron chi connectivity index (χ3n) is 1.99. The monoisotopic (exact) mass is 214 g/mol. The lowest BCUT2D eigenvalue weighted by molar-refractivity contribution is 0.620. The fourth-order valence-electron chi connectivity index (χ4n) is 1.34. The quantitative estimate of drug-likeness (QED) is 0.765. The second-order valence-corrected chi connectivity index (χ2v) is 3.74. The molecule has 0 fully saturated rings. The number of nitrogens with zero attached hydrogens (tertiary/aromatic N) is 1. The predicted octanol–water partition coefficient (Wildman–Crippen LogP) is 2.93. The van der Waals surface area contributed by atoms with Crippen molar-refractivity contribution in [3.8, 4) is 0 Å². The molecule has 1 heterocycles. The number of halogens is 2. The third kappa shape index (κ3) is 1.79. The van der Waals surface area contributed by atoms with E-state index in [1.165, 1.54) is 0 Å². The van der Waals surface area contributed by atoms with Crippen LogP contribution in [0.15, 0.2) is 29.4 Å². The van der Waals surface area contributed by atoms with Gasteiger partial charge in [0.15, 0.2) is 0 Å². The summed E-state index contributed by atoms with van der Waals surface area (Å²) in [5.41, 5.74) is 3.98. The van der Waals surface area contributed by atoms with E-state index < -0.39 is 0 Å². The summed E-state index contributed by atoms with van der Waals surface area (Å²) in [6.45, 7) is 0. The zero-order chi connectivity index (χ0) is 9.26. The number of benzene rings is 1. The Morgan fingerprint density at radius 3 is 2.69 bits per heavy atom. The SMILES string of the molecule is ClC1=NNC(c2ccccc2Cl)C1. The van der Waals surface area contributed by atoms with Crippen molar-refractivity contribution in [1.29, 1.82) is 0 Å². The molecule has 0 amide bonds. The summed E-state index contributed by atoms with van der Waals surface area (Å²) in [6.07, 6.45) is 0.714. The molecule has 68 valence electrons. The second kappa shape index (κ2) is 3.56. The molecule has 1 aliphatic rings. The number of hydrogen-bond donors (Lipinski definition) is 1. The molecule has 2 nitrogen and oxygen atoms in total. The van der Waals surface area contributed by atoms with E-state index in [4.69, 9.17) is 23.2 Å². The van der Waals surface area contributed by atoms with Crippen molar-refractivity contribution in [3.63, 3.8) is 0 Å². The van der Waals surface area contributed by atoms with E-state index in [2.05, 4.69) is 10.5 Å². The second-order valence-electron chi connectivity index (χ2n) is 2.90. The van der Waals surface area contributed by atoms with Crippen LogP contribution in [0.5, 0.6) is 0 Å². The molecule has 1 aromatic carbocycles. The summed E-state index contributed by atoms with van der Waals surface area (Å²) in [6, 6.07) is 7.83. The van der Waals surface area contributed by atoms with Crippen LogP contribution >= 0.6 is 23.2 Å². The standard InChI is InChI=1S/C9H8Cl2N2/c10-7-4-2-1-3-6(7)8-5-9(11)13-12-8/h1-4,8,12H,5H2. The van der Waals surface area contributed by atoms with Gasteiger partial charge in [-0.3, -0.25) is 0 Å². The first-order chi connectivity index (χ1) is 6.27. The highest BCUT2D eigenvalue weighted by Crippen LogP contribution is 2.28. The van der Waals surface area contributed by atoms with Gasteiger partial charge in [0, 0.05) is 11.4 Å². The molecule has 1 unspecified atom stereocenters. The largest absolute Gasteiger partial charge is 0.301 e. The van der Waals surface area contributed by atoms with Gasteiger partial charge < -0.3 is 5.43 Å². The predicted molar refractivity (Wildman–Crippen MR) is 55.2 cm³/mol. The lowest BCUT2D eigenvalue weighted by atomic mass is 10.1.